The molecule has 7 nitrogen and oxygen atoms in total. The number of rotatable bonds is 7. The van der Waals surface area contributed by atoms with Gasteiger partial charge in [0, 0.05) is 43.6 Å². The van der Waals surface area contributed by atoms with Crippen molar-refractivity contribution in [3.05, 3.63) is 59.9 Å². The standard InChI is InChI=1S/C26H27N3O4/c1-18(23(17-27)26(30)28-9-12-31-2)24-7-8-25(33-24)21-4-3-20-16-22(6-5-19(20)15-21)29-10-13-32-14-11-29/h3-8,15-16H,9-14H2,1-2H3,(H,28,30)/b23-18+. The third-order valence-corrected chi connectivity index (χ3v) is 5.77. The fraction of sp³-hybridized carbons (Fsp3) is 0.308. The predicted molar refractivity (Wildman–Crippen MR) is 128 cm³/mol. The summed E-state index contributed by atoms with van der Waals surface area (Å²) in [5.74, 6) is 0.735. The van der Waals surface area contributed by atoms with E-state index in [1.807, 2.05) is 18.2 Å². The molecular weight excluding hydrogens is 418 g/mol. The van der Waals surface area contributed by atoms with Crippen LogP contribution in [0.25, 0.3) is 27.7 Å². The number of methoxy groups -OCH3 is 1. The first-order valence-electron chi connectivity index (χ1n) is 11.0. The SMILES string of the molecule is COCCNC(=O)/C(C#N)=C(\C)c1ccc(-c2ccc3cc(N4CCOCC4)ccc3c2)o1. The molecule has 3 aromatic rings. The number of nitrogens with one attached hydrogen (secondary N) is 1. The van der Waals surface area contributed by atoms with E-state index in [4.69, 9.17) is 13.9 Å². The zero-order valence-electron chi connectivity index (χ0n) is 18.9. The first-order chi connectivity index (χ1) is 16.1. The van der Waals surface area contributed by atoms with Crippen LogP contribution in [0, 0.1) is 11.3 Å². The molecule has 0 bridgehead atoms. The van der Waals surface area contributed by atoms with Gasteiger partial charge in [0.25, 0.3) is 5.91 Å². The maximum Gasteiger partial charge on any atom is 0.262 e. The Morgan fingerprint density at radius 1 is 1.12 bits per heavy atom. The van der Waals surface area contributed by atoms with Gasteiger partial charge in [-0.2, -0.15) is 5.26 Å². The topological polar surface area (TPSA) is 87.7 Å². The quantitative estimate of drug-likeness (QED) is 0.336. The summed E-state index contributed by atoms with van der Waals surface area (Å²) in [4.78, 5) is 14.7. The van der Waals surface area contributed by atoms with Crippen molar-refractivity contribution in [1.29, 1.82) is 5.26 Å². The highest BCUT2D eigenvalue weighted by Gasteiger charge is 2.17. The van der Waals surface area contributed by atoms with Crippen LogP contribution in [-0.4, -0.2) is 52.5 Å². The van der Waals surface area contributed by atoms with Gasteiger partial charge in [0.05, 0.1) is 19.8 Å². The number of benzene rings is 2. The van der Waals surface area contributed by atoms with E-state index in [0.29, 0.717) is 30.2 Å². The molecule has 7 heteroatoms. The van der Waals surface area contributed by atoms with Crippen LogP contribution < -0.4 is 10.2 Å². The van der Waals surface area contributed by atoms with Crippen molar-refractivity contribution in [2.24, 2.45) is 0 Å². The van der Waals surface area contributed by atoms with Crippen LogP contribution in [0.4, 0.5) is 5.69 Å². The number of hydrogen-bond donors (Lipinski definition) is 1. The van der Waals surface area contributed by atoms with Crippen molar-refractivity contribution in [3.8, 4) is 17.4 Å². The second-order valence-electron chi connectivity index (χ2n) is 7.87. The lowest BCUT2D eigenvalue weighted by Crippen LogP contribution is -2.36. The zero-order chi connectivity index (χ0) is 23.2. The molecule has 0 saturated carbocycles. The van der Waals surface area contributed by atoms with Gasteiger partial charge in [-0.25, -0.2) is 0 Å². The molecule has 33 heavy (non-hydrogen) atoms. The number of nitrogens with zero attached hydrogens (tertiary/aromatic N) is 2. The maximum atomic E-state index is 12.3. The van der Waals surface area contributed by atoms with Gasteiger partial charge < -0.3 is 24.1 Å². The van der Waals surface area contributed by atoms with Crippen molar-refractivity contribution < 1.29 is 18.7 Å². The summed E-state index contributed by atoms with van der Waals surface area (Å²) >= 11 is 0. The number of amides is 1. The monoisotopic (exact) mass is 445 g/mol. The van der Waals surface area contributed by atoms with Crippen LogP contribution in [0.5, 0.6) is 0 Å². The summed E-state index contributed by atoms with van der Waals surface area (Å²) in [6, 6.07) is 18.3. The minimum atomic E-state index is -0.438. The number of furan rings is 1. The third-order valence-electron chi connectivity index (χ3n) is 5.77. The fourth-order valence-corrected chi connectivity index (χ4v) is 3.88. The average Bonchev–Trinajstić information content (AvgIpc) is 3.35. The van der Waals surface area contributed by atoms with Crippen molar-refractivity contribution in [1.82, 2.24) is 5.32 Å². The number of fused-ring (bicyclic) bond motifs is 1. The Morgan fingerprint density at radius 3 is 2.64 bits per heavy atom. The lowest BCUT2D eigenvalue weighted by molar-refractivity contribution is -0.117. The highest BCUT2D eigenvalue weighted by Crippen LogP contribution is 2.31. The molecule has 1 N–H and O–H groups in total. The largest absolute Gasteiger partial charge is 0.456 e. The van der Waals surface area contributed by atoms with Gasteiger partial charge in [0.15, 0.2) is 0 Å². The Morgan fingerprint density at radius 2 is 1.88 bits per heavy atom. The number of carbonyl (C=O) groups excluding carboxylic acids is 1. The molecule has 0 radical (unpaired) electrons. The Balaban J connectivity index is 1.56. The number of ether oxygens (including phenoxy) is 2. The van der Waals surface area contributed by atoms with Crippen LogP contribution in [0.3, 0.4) is 0 Å². The number of carbonyl (C=O) groups is 1. The van der Waals surface area contributed by atoms with Gasteiger partial charge in [-0.05, 0) is 48.0 Å². The number of morpholine rings is 1. The predicted octanol–water partition coefficient (Wildman–Crippen LogP) is 4.00. The number of anilines is 1. The lowest BCUT2D eigenvalue weighted by Gasteiger charge is -2.29. The molecule has 0 unspecified atom stereocenters. The first kappa shape index (κ1) is 22.6. The molecule has 1 aromatic heterocycles. The minimum absolute atomic E-state index is 0.0288. The summed E-state index contributed by atoms with van der Waals surface area (Å²) in [5.41, 5.74) is 2.66. The molecule has 2 aromatic carbocycles. The van der Waals surface area contributed by atoms with Gasteiger partial charge in [-0.15, -0.1) is 0 Å². The summed E-state index contributed by atoms with van der Waals surface area (Å²) in [6.07, 6.45) is 0. The lowest BCUT2D eigenvalue weighted by atomic mass is 10.0. The van der Waals surface area contributed by atoms with E-state index < -0.39 is 5.91 Å². The molecule has 1 fully saturated rings. The molecule has 1 saturated heterocycles. The Bertz CT molecular complexity index is 1220. The second-order valence-corrected chi connectivity index (χ2v) is 7.87. The van der Waals surface area contributed by atoms with Crippen molar-refractivity contribution in [2.75, 3.05) is 51.5 Å². The van der Waals surface area contributed by atoms with Gasteiger partial charge in [0.2, 0.25) is 0 Å². The Hall–Kier alpha value is -3.60. The molecule has 1 amide bonds. The van der Waals surface area contributed by atoms with Gasteiger partial charge in [0.1, 0.15) is 23.2 Å². The normalized spacial score (nSPS) is 14.6. The van der Waals surface area contributed by atoms with Crippen molar-refractivity contribution in [2.45, 2.75) is 6.92 Å². The highest BCUT2D eigenvalue weighted by molar-refractivity contribution is 6.04. The molecule has 0 aliphatic carbocycles. The molecule has 0 atom stereocenters. The van der Waals surface area contributed by atoms with E-state index in [-0.39, 0.29) is 5.57 Å². The van der Waals surface area contributed by atoms with Crippen molar-refractivity contribution in [3.63, 3.8) is 0 Å². The van der Waals surface area contributed by atoms with E-state index in [2.05, 4.69) is 40.5 Å². The van der Waals surface area contributed by atoms with E-state index in [1.165, 1.54) is 5.69 Å². The Labute approximate surface area is 193 Å². The number of hydrogen-bond acceptors (Lipinski definition) is 6. The minimum Gasteiger partial charge on any atom is -0.456 e. The van der Waals surface area contributed by atoms with Crippen LogP contribution >= 0.6 is 0 Å². The van der Waals surface area contributed by atoms with Gasteiger partial charge in [-0.1, -0.05) is 18.2 Å². The first-order valence-corrected chi connectivity index (χ1v) is 11.0. The summed E-state index contributed by atoms with van der Waals surface area (Å²) in [7, 11) is 1.55. The average molecular weight is 446 g/mol. The van der Waals surface area contributed by atoms with Crippen LogP contribution in [0.2, 0.25) is 0 Å². The third kappa shape index (κ3) is 5.08. The molecule has 1 aliphatic heterocycles. The van der Waals surface area contributed by atoms with E-state index in [1.54, 1.807) is 20.1 Å². The Kier molecular flexibility index (Phi) is 7.08. The van der Waals surface area contributed by atoms with Crippen LogP contribution in [0.15, 0.2) is 58.5 Å². The molecule has 2 heterocycles. The summed E-state index contributed by atoms with van der Waals surface area (Å²) in [5, 5.41) is 14.4. The fourth-order valence-electron chi connectivity index (χ4n) is 3.88. The highest BCUT2D eigenvalue weighted by atomic mass is 16.5. The molecular formula is C26H27N3O4. The van der Waals surface area contributed by atoms with Crippen molar-refractivity contribution >= 4 is 27.9 Å². The molecule has 1 aliphatic rings. The summed E-state index contributed by atoms with van der Waals surface area (Å²) in [6.45, 7) is 5.75. The molecule has 0 spiro atoms. The molecule has 170 valence electrons. The smallest absolute Gasteiger partial charge is 0.262 e. The summed E-state index contributed by atoms with van der Waals surface area (Å²) < 4.78 is 16.4. The molecule has 4 rings (SSSR count). The van der Waals surface area contributed by atoms with E-state index in [0.717, 1.165) is 42.6 Å². The van der Waals surface area contributed by atoms with Crippen LogP contribution in [-0.2, 0) is 14.3 Å². The maximum absolute atomic E-state index is 12.3. The zero-order valence-corrected chi connectivity index (χ0v) is 18.9. The van der Waals surface area contributed by atoms with Crippen LogP contribution in [0.1, 0.15) is 12.7 Å². The van der Waals surface area contributed by atoms with E-state index in [9.17, 15) is 10.1 Å². The second kappa shape index (κ2) is 10.3. The number of nitriles is 1. The van der Waals surface area contributed by atoms with E-state index >= 15 is 0 Å². The number of allylic oxidation sites excluding steroid dienone is 1. The van der Waals surface area contributed by atoms with Gasteiger partial charge in [-0.3, -0.25) is 4.79 Å². The van der Waals surface area contributed by atoms with Gasteiger partial charge >= 0.3 is 0 Å².